The molecule has 7 heteroatoms. The number of allylic oxidation sites excluding steroid dienone is 1. The predicted octanol–water partition coefficient (Wildman–Crippen LogP) is 5.20. The number of nitrogens with zero attached hydrogens (tertiary/aromatic N) is 3. The number of thioether (sulfide) groups is 1. The molecule has 0 bridgehead atoms. The van der Waals surface area contributed by atoms with Gasteiger partial charge in [0.2, 0.25) is 0 Å². The molecule has 3 nitrogen and oxygen atoms in total. The van der Waals surface area contributed by atoms with E-state index in [4.69, 9.17) is 11.6 Å². The van der Waals surface area contributed by atoms with Gasteiger partial charge in [0.1, 0.15) is 11.6 Å². The van der Waals surface area contributed by atoms with Gasteiger partial charge in [0, 0.05) is 28.6 Å². The Kier molecular flexibility index (Phi) is 5.71. The van der Waals surface area contributed by atoms with Crippen molar-refractivity contribution in [3.63, 3.8) is 0 Å². The van der Waals surface area contributed by atoms with Crippen molar-refractivity contribution < 1.29 is 4.39 Å². The molecule has 0 aliphatic heterocycles. The summed E-state index contributed by atoms with van der Waals surface area (Å²) in [5, 5.41) is 11.9. The number of halogens is 2. The van der Waals surface area contributed by atoms with Gasteiger partial charge in [0.15, 0.2) is 5.16 Å². The van der Waals surface area contributed by atoms with Gasteiger partial charge in [-0.1, -0.05) is 41.6 Å². The molecule has 0 aliphatic rings. The molecule has 0 saturated heterocycles. The summed E-state index contributed by atoms with van der Waals surface area (Å²) in [6.45, 7) is 4.46. The van der Waals surface area contributed by atoms with Gasteiger partial charge in [-0.25, -0.2) is 4.39 Å². The van der Waals surface area contributed by atoms with Gasteiger partial charge >= 0.3 is 0 Å². The maximum atomic E-state index is 13.1. The molecule has 3 aromatic rings. The van der Waals surface area contributed by atoms with Crippen LogP contribution in [0.4, 0.5) is 4.39 Å². The van der Waals surface area contributed by atoms with Crippen molar-refractivity contribution in [2.75, 3.05) is 0 Å². The fraction of sp³-hybridized carbons (Fsp3) is 0.176. The summed E-state index contributed by atoms with van der Waals surface area (Å²) in [5.41, 5.74) is 0.871. The van der Waals surface area contributed by atoms with Crippen LogP contribution in [-0.2, 0) is 18.7 Å². The van der Waals surface area contributed by atoms with E-state index in [1.165, 1.54) is 28.8 Å². The molecule has 0 atom stereocenters. The van der Waals surface area contributed by atoms with E-state index in [1.54, 1.807) is 17.4 Å². The van der Waals surface area contributed by atoms with Crippen LogP contribution in [0.2, 0.25) is 5.02 Å². The van der Waals surface area contributed by atoms with Crippen LogP contribution in [0.3, 0.4) is 0 Å². The standard InChI is InChI=1S/C17H15ClFN3S2/c1-2-7-22-16(10-14-4-3-8-23-14)20-21-17(22)24-11-12-5-6-13(19)9-15(12)18/h2-6,8-9H,1,7,10-11H2. The minimum Gasteiger partial charge on any atom is -0.302 e. The van der Waals surface area contributed by atoms with Crippen LogP contribution in [0, 0.1) is 5.82 Å². The molecule has 0 amide bonds. The maximum absolute atomic E-state index is 13.1. The van der Waals surface area contributed by atoms with E-state index in [2.05, 4.69) is 32.8 Å². The van der Waals surface area contributed by atoms with Crippen LogP contribution in [0.25, 0.3) is 0 Å². The highest BCUT2D eigenvalue weighted by atomic mass is 35.5. The van der Waals surface area contributed by atoms with Gasteiger partial charge in [-0.3, -0.25) is 0 Å². The zero-order valence-corrected chi connectivity index (χ0v) is 15.2. The number of hydrogen-bond donors (Lipinski definition) is 0. The molecular formula is C17H15ClFN3S2. The lowest BCUT2D eigenvalue weighted by atomic mass is 10.2. The van der Waals surface area contributed by atoms with Gasteiger partial charge in [-0.15, -0.1) is 28.1 Å². The molecule has 3 rings (SSSR count). The maximum Gasteiger partial charge on any atom is 0.191 e. The Morgan fingerprint density at radius 3 is 2.92 bits per heavy atom. The van der Waals surface area contributed by atoms with E-state index in [9.17, 15) is 4.39 Å². The normalized spacial score (nSPS) is 10.9. The number of rotatable bonds is 7. The molecule has 0 radical (unpaired) electrons. The second-order valence-corrected chi connectivity index (χ2v) is 7.46. The smallest absolute Gasteiger partial charge is 0.191 e. The first-order chi connectivity index (χ1) is 11.7. The van der Waals surface area contributed by atoms with E-state index in [-0.39, 0.29) is 5.82 Å². The Morgan fingerprint density at radius 2 is 2.21 bits per heavy atom. The fourth-order valence-corrected chi connectivity index (χ4v) is 4.20. The minimum absolute atomic E-state index is 0.332. The predicted molar refractivity (Wildman–Crippen MR) is 98.3 cm³/mol. The van der Waals surface area contributed by atoms with E-state index in [1.807, 2.05) is 12.1 Å². The molecule has 24 heavy (non-hydrogen) atoms. The van der Waals surface area contributed by atoms with Gasteiger partial charge in [0.05, 0.1) is 0 Å². The highest BCUT2D eigenvalue weighted by Crippen LogP contribution is 2.27. The molecule has 0 N–H and O–H groups in total. The Morgan fingerprint density at radius 1 is 1.33 bits per heavy atom. The lowest BCUT2D eigenvalue weighted by Gasteiger charge is -2.08. The number of benzene rings is 1. The van der Waals surface area contributed by atoms with Crippen LogP contribution in [0.5, 0.6) is 0 Å². The average Bonchev–Trinajstić information content (AvgIpc) is 3.19. The summed E-state index contributed by atoms with van der Waals surface area (Å²) in [4.78, 5) is 1.24. The van der Waals surface area contributed by atoms with E-state index in [0.29, 0.717) is 17.3 Å². The third kappa shape index (κ3) is 4.06. The van der Waals surface area contributed by atoms with Gasteiger partial charge in [-0.05, 0) is 29.1 Å². The molecule has 0 spiro atoms. The third-order valence-electron chi connectivity index (χ3n) is 3.39. The molecule has 124 valence electrons. The van der Waals surface area contributed by atoms with Crippen molar-refractivity contribution in [1.29, 1.82) is 0 Å². The summed E-state index contributed by atoms with van der Waals surface area (Å²) in [5.74, 6) is 1.18. The first-order valence-electron chi connectivity index (χ1n) is 7.29. The Labute approximate surface area is 153 Å². The molecule has 2 aromatic heterocycles. The number of aromatic nitrogens is 3. The molecular weight excluding hydrogens is 365 g/mol. The summed E-state index contributed by atoms with van der Waals surface area (Å²) < 4.78 is 15.2. The Bertz CT molecular complexity index is 830. The van der Waals surface area contributed by atoms with E-state index < -0.39 is 0 Å². The summed E-state index contributed by atoms with van der Waals surface area (Å²) >= 11 is 9.32. The highest BCUT2D eigenvalue weighted by molar-refractivity contribution is 7.98. The third-order valence-corrected chi connectivity index (χ3v) is 5.63. The summed E-state index contributed by atoms with van der Waals surface area (Å²) in [7, 11) is 0. The number of thiophene rings is 1. The average molecular weight is 380 g/mol. The first-order valence-corrected chi connectivity index (χ1v) is 9.53. The first kappa shape index (κ1) is 17.2. The van der Waals surface area contributed by atoms with Gasteiger partial charge in [0.25, 0.3) is 0 Å². The zero-order valence-electron chi connectivity index (χ0n) is 12.8. The summed E-state index contributed by atoms with van der Waals surface area (Å²) in [6.07, 6.45) is 2.58. The van der Waals surface area contributed by atoms with Crippen LogP contribution < -0.4 is 0 Å². The lowest BCUT2D eigenvalue weighted by Crippen LogP contribution is -2.04. The number of hydrogen-bond acceptors (Lipinski definition) is 4. The van der Waals surface area contributed by atoms with Crippen LogP contribution in [0.15, 0.2) is 53.5 Å². The second kappa shape index (κ2) is 7.96. The van der Waals surface area contributed by atoms with E-state index >= 15 is 0 Å². The Hall–Kier alpha value is -1.63. The zero-order chi connectivity index (χ0) is 16.9. The lowest BCUT2D eigenvalue weighted by molar-refractivity contribution is 0.627. The van der Waals surface area contributed by atoms with Crippen molar-refractivity contribution in [3.8, 4) is 0 Å². The van der Waals surface area contributed by atoms with E-state index in [0.717, 1.165) is 23.0 Å². The monoisotopic (exact) mass is 379 g/mol. The van der Waals surface area contributed by atoms with Crippen molar-refractivity contribution in [3.05, 3.63) is 75.5 Å². The molecule has 0 fully saturated rings. The van der Waals surface area contributed by atoms with Crippen molar-refractivity contribution in [2.45, 2.75) is 23.9 Å². The molecule has 2 heterocycles. The van der Waals surface area contributed by atoms with Crippen LogP contribution >= 0.6 is 34.7 Å². The minimum atomic E-state index is -0.332. The topological polar surface area (TPSA) is 30.7 Å². The van der Waals surface area contributed by atoms with Crippen molar-refractivity contribution in [1.82, 2.24) is 14.8 Å². The molecule has 1 aromatic carbocycles. The molecule has 0 saturated carbocycles. The van der Waals surface area contributed by atoms with Gasteiger partial charge < -0.3 is 4.57 Å². The van der Waals surface area contributed by atoms with Gasteiger partial charge in [-0.2, -0.15) is 0 Å². The second-order valence-electron chi connectivity index (χ2n) is 5.08. The summed E-state index contributed by atoms with van der Waals surface area (Å²) in [6, 6.07) is 8.56. The molecule has 0 aliphatic carbocycles. The largest absolute Gasteiger partial charge is 0.302 e. The SMILES string of the molecule is C=CCn1c(Cc2cccs2)nnc1SCc1ccc(F)cc1Cl. The van der Waals surface area contributed by atoms with Crippen molar-refractivity contribution in [2.24, 2.45) is 0 Å². The highest BCUT2D eigenvalue weighted by Gasteiger charge is 2.13. The van der Waals surface area contributed by atoms with Crippen LogP contribution in [-0.4, -0.2) is 14.8 Å². The molecule has 0 unspecified atom stereocenters. The van der Waals surface area contributed by atoms with Crippen LogP contribution in [0.1, 0.15) is 16.3 Å². The Balaban J connectivity index is 1.77. The quantitative estimate of drug-likeness (QED) is 0.417. The fourth-order valence-electron chi connectivity index (χ4n) is 2.22. The van der Waals surface area contributed by atoms with Crippen molar-refractivity contribution >= 4 is 34.7 Å².